The summed E-state index contributed by atoms with van der Waals surface area (Å²) in [5.74, 6) is -0.102. The van der Waals surface area contributed by atoms with E-state index in [1.807, 2.05) is 12.1 Å². The largest absolute Gasteiger partial charge is 0.306 e. The van der Waals surface area contributed by atoms with E-state index < -0.39 is 0 Å². The lowest BCUT2D eigenvalue weighted by Gasteiger charge is -2.26. The Kier molecular flexibility index (Phi) is 5.34. The zero-order valence-electron chi connectivity index (χ0n) is 12.0. The molecule has 106 valence electrons. The van der Waals surface area contributed by atoms with Gasteiger partial charge < -0.3 is 10.2 Å². The van der Waals surface area contributed by atoms with Gasteiger partial charge in [0.2, 0.25) is 0 Å². The van der Waals surface area contributed by atoms with E-state index in [0.29, 0.717) is 6.04 Å². The summed E-state index contributed by atoms with van der Waals surface area (Å²) in [6.07, 6.45) is 3.54. The number of hydrogen-bond acceptors (Lipinski definition) is 2. The van der Waals surface area contributed by atoms with Crippen molar-refractivity contribution in [2.45, 2.75) is 45.2 Å². The third-order valence-corrected chi connectivity index (χ3v) is 3.91. The fourth-order valence-corrected chi connectivity index (χ4v) is 2.93. The molecule has 2 rings (SSSR count). The molecular weight excluding hydrogens is 239 g/mol. The van der Waals surface area contributed by atoms with Gasteiger partial charge >= 0.3 is 0 Å². The number of benzene rings is 1. The topological polar surface area (TPSA) is 15.3 Å². The molecule has 1 heterocycles. The van der Waals surface area contributed by atoms with E-state index in [0.717, 1.165) is 18.5 Å². The van der Waals surface area contributed by atoms with Crippen molar-refractivity contribution in [3.63, 3.8) is 0 Å². The van der Waals surface area contributed by atoms with Gasteiger partial charge in [0.25, 0.3) is 0 Å². The molecule has 0 saturated carbocycles. The van der Waals surface area contributed by atoms with Crippen molar-refractivity contribution in [2.75, 3.05) is 19.6 Å². The highest BCUT2D eigenvalue weighted by Crippen LogP contribution is 2.20. The van der Waals surface area contributed by atoms with Crippen molar-refractivity contribution in [2.24, 2.45) is 0 Å². The van der Waals surface area contributed by atoms with E-state index in [-0.39, 0.29) is 11.9 Å². The van der Waals surface area contributed by atoms with Crippen LogP contribution < -0.4 is 5.32 Å². The van der Waals surface area contributed by atoms with Gasteiger partial charge in [0.15, 0.2) is 0 Å². The molecule has 1 aliphatic heterocycles. The molecule has 19 heavy (non-hydrogen) atoms. The van der Waals surface area contributed by atoms with Crippen molar-refractivity contribution in [3.8, 4) is 0 Å². The number of hydrogen-bond donors (Lipinski definition) is 1. The molecule has 1 fully saturated rings. The Balaban J connectivity index is 1.93. The van der Waals surface area contributed by atoms with Crippen LogP contribution in [0.2, 0.25) is 0 Å². The fourth-order valence-electron chi connectivity index (χ4n) is 2.93. The molecule has 1 N–H and O–H groups in total. The predicted octanol–water partition coefficient (Wildman–Crippen LogP) is 3.35. The molecular formula is C16H25FN2. The Morgan fingerprint density at radius 2 is 1.95 bits per heavy atom. The number of likely N-dealkylation sites (tertiary alicyclic amines) is 1. The third kappa shape index (κ3) is 4.02. The second-order valence-electron chi connectivity index (χ2n) is 5.56. The van der Waals surface area contributed by atoms with Crippen LogP contribution in [0, 0.1) is 5.82 Å². The van der Waals surface area contributed by atoms with Gasteiger partial charge in [0.05, 0.1) is 0 Å². The number of nitrogens with zero attached hydrogens (tertiary/aromatic N) is 1. The van der Waals surface area contributed by atoms with Gasteiger partial charge in [-0.05, 0) is 45.3 Å². The van der Waals surface area contributed by atoms with Crippen LogP contribution in [0.1, 0.15) is 44.7 Å². The Hall–Kier alpha value is -0.930. The molecule has 2 atom stereocenters. The monoisotopic (exact) mass is 264 g/mol. The molecule has 0 bridgehead atoms. The van der Waals surface area contributed by atoms with Crippen LogP contribution in [0.25, 0.3) is 0 Å². The van der Waals surface area contributed by atoms with E-state index in [1.165, 1.54) is 25.9 Å². The molecule has 0 amide bonds. The fraction of sp³-hybridized carbons (Fsp3) is 0.625. The van der Waals surface area contributed by atoms with Crippen molar-refractivity contribution >= 4 is 0 Å². The second-order valence-corrected chi connectivity index (χ2v) is 5.56. The smallest absolute Gasteiger partial charge is 0.127 e. The first-order valence-electron chi connectivity index (χ1n) is 7.43. The van der Waals surface area contributed by atoms with E-state index in [2.05, 4.69) is 24.1 Å². The summed E-state index contributed by atoms with van der Waals surface area (Å²) in [5.41, 5.74) is 0.790. The lowest BCUT2D eigenvalue weighted by Crippen LogP contribution is -2.39. The van der Waals surface area contributed by atoms with Crippen LogP contribution in [-0.4, -0.2) is 30.6 Å². The van der Waals surface area contributed by atoms with E-state index in [9.17, 15) is 4.39 Å². The number of nitrogens with one attached hydrogen (secondary N) is 1. The van der Waals surface area contributed by atoms with Crippen LogP contribution in [-0.2, 0) is 0 Å². The van der Waals surface area contributed by atoms with E-state index >= 15 is 0 Å². The summed E-state index contributed by atoms with van der Waals surface area (Å²) in [6, 6.07) is 7.60. The molecule has 3 heteroatoms. The Morgan fingerprint density at radius 1 is 1.26 bits per heavy atom. The molecule has 2 unspecified atom stereocenters. The maximum Gasteiger partial charge on any atom is 0.127 e. The zero-order valence-corrected chi connectivity index (χ0v) is 12.0. The average Bonchev–Trinajstić information content (AvgIpc) is 2.89. The molecule has 0 aromatic heterocycles. The van der Waals surface area contributed by atoms with Gasteiger partial charge in [-0.1, -0.05) is 25.1 Å². The van der Waals surface area contributed by atoms with E-state index in [4.69, 9.17) is 0 Å². The van der Waals surface area contributed by atoms with Gasteiger partial charge in [0.1, 0.15) is 5.82 Å². The van der Waals surface area contributed by atoms with Crippen LogP contribution in [0.5, 0.6) is 0 Å². The first-order chi connectivity index (χ1) is 9.20. The molecule has 2 nitrogen and oxygen atoms in total. The van der Waals surface area contributed by atoms with Crippen LogP contribution >= 0.6 is 0 Å². The lowest BCUT2D eigenvalue weighted by molar-refractivity contribution is 0.283. The summed E-state index contributed by atoms with van der Waals surface area (Å²) in [5, 5.41) is 3.57. The highest BCUT2D eigenvalue weighted by atomic mass is 19.1. The summed E-state index contributed by atoms with van der Waals surface area (Å²) in [7, 11) is 0. The maximum atomic E-state index is 13.8. The highest BCUT2D eigenvalue weighted by molar-refractivity contribution is 5.21. The predicted molar refractivity (Wildman–Crippen MR) is 77.7 cm³/mol. The minimum absolute atomic E-state index is 0.102. The normalized spacial score (nSPS) is 19.5. The van der Waals surface area contributed by atoms with Gasteiger partial charge in [0, 0.05) is 24.2 Å². The Morgan fingerprint density at radius 3 is 2.58 bits per heavy atom. The van der Waals surface area contributed by atoms with E-state index in [1.54, 1.807) is 12.1 Å². The molecule has 1 aromatic rings. The van der Waals surface area contributed by atoms with Crippen molar-refractivity contribution < 1.29 is 4.39 Å². The van der Waals surface area contributed by atoms with Gasteiger partial charge in [-0.2, -0.15) is 0 Å². The van der Waals surface area contributed by atoms with Crippen LogP contribution in [0.3, 0.4) is 0 Å². The first-order valence-corrected chi connectivity index (χ1v) is 7.43. The summed E-state index contributed by atoms with van der Waals surface area (Å²) in [4.78, 5) is 2.49. The molecule has 0 spiro atoms. The molecule has 0 aliphatic carbocycles. The third-order valence-electron chi connectivity index (χ3n) is 3.91. The SMILES string of the molecule is CCC(NC(C)CN1CCCC1)c1ccccc1F. The molecule has 1 saturated heterocycles. The molecule has 0 radical (unpaired) electrons. The van der Waals surface area contributed by atoms with Gasteiger partial charge in [-0.3, -0.25) is 0 Å². The first kappa shape index (κ1) is 14.5. The molecule has 1 aromatic carbocycles. The average molecular weight is 264 g/mol. The number of rotatable bonds is 6. The maximum absolute atomic E-state index is 13.8. The Bertz CT molecular complexity index is 388. The van der Waals surface area contributed by atoms with Crippen LogP contribution in [0.4, 0.5) is 4.39 Å². The number of halogens is 1. The minimum atomic E-state index is -0.102. The second kappa shape index (κ2) is 7.01. The van der Waals surface area contributed by atoms with Gasteiger partial charge in [-0.25, -0.2) is 4.39 Å². The van der Waals surface area contributed by atoms with Crippen molar-refractivity contribution in [1.82, 2.24) is 10.2 Å². The minimum Gasteiger partial charge on any atom is -0.306 e. The zero-order chi connectivity index (χ0) is 13.7. The Labute approximate surface area is 116 Å². The van der Waals surface area contributed by atoms with Crippen molar-refractivity contribution in [1.29, 1.82) is 0 Å². The van der Waals surface area contributed by atoms with Crippen LogP contribution in [0.15, 0.2) is 24.3 Å². The van der Waals surface area contributed by atoms with Gasteiger partial charge in [-0.15, -0.1) is 0 Å². The summed E-state index contributed by atoms with van der Waals surface area (Å²) >= 11 is 0. The highest BCUT2D eigenvalue weighted by Gasteiger charge is 2.19. The summed E-state index contributed by atoms with van der Waals surface area (Å²) in [6.45, 7) is 7.78. The summed E-state index contributed by atoms with van der Waals surface area (Å²) < 4.78 is 13.8. The molecule has 1 aliphatic rings. The lowest BCUT2D eigenvalue weighted by atomic mass is 10.0. The quantitative estimate of drug-likeness (QED) is 0.847. The standard InChI is InChI=1S/C16H25FN2/c1-3-16(14-8-4-5-9-15(14)17)18-13(2)12-19-10-6-7-11-19/h4-5,8-9,13,16,18H,3,6-7,10-12H2,1-2H3. The van der Waals surface area contributed by atoms with Crippen molar-refractivity contribution in [3.05, 3.63) is 35.6 Å².